The van der Waals surface area contributed by atoms with E-state index in [4.69, 9.17) is 0 Å². The average Bonchev–Trinajstić information content (AvgIpc) is 3.48. The number of fused-ring (bicyclic) bond motifs is 1. The second-order valence-corrected chi connectivity index (χ2v) is 10.6. The van der Waals surface area contributed by atoms with Crippen LogP contribution in [0.3, 0.4) is 0 Å². The molecule has 188 valence electrons. The van der Waals surface area contributed by atoms with E-state index in [0.717, 1.165) is 31.4 Å². The van der Waals surface area contributed by atoms with Crippen molar-refractivity contribution in [1.29, 1.82) is 0 Å². The number of ketones is 1. The van der Waals surface area contributed by atoms with Crippen LogP contribution in [0.5, 0.6) is 0 Å². The van der Waals surface area contributed by atoms with E-state index in [1.807, 2.05) is 0 Å². The molecule has 1 spiro atoms. The van der Waals surface area contributed by atoms with Gasteiger partial charge in [0, 0.05) is 34.1 Å². The number of nitrogens with zero attached hydrogens (tertiary/aromatic N) is 1. The Kier molecular flexibility index (Phi) is 7.29. The molecule has 3 aliphatic rings. The molecule has 0 saturated heterocycles. The summed E-state index contributed by atoms with van der Waals surface area (Å²) in [6, 6.07) is 12.4. The number of carbonyl (C=O) groups is 1. The molecule has 1 N–H and O–H groups in total. The van der Waals surface area contributed by atoms with Crippen LogP contribution in [0.4, 0.5) is 8.78 Å². The fourth-order valence-corrected chi connectivity index (χ4v) is 5.95. The van der Waals surface area contributed by atoms with Gasteiger partial charge in [-0.3, -0.25) is 9.78 Å². The third kappa shape index (κ3) is 4.99. The van der Waals surface area contributed by atoms with Crippen LogP contribution in [0.15, 0.2) is 54.7 Å². The van der Waals surface area contributed by atoms with Gasteiger partial charge in [-0.1, -0.05) is 74.9 Å². The number of benzene rings is 2. The predicted octanol–water partition coefficient (Wildman–Crippen LogP) is 7.69. The molecule has 5 heteroatoms. The largest absolute Gasteiger partial charge is 0.388 e. The second-order valence-electron chi connectivity index (χ2n) is 10.6. The van der Waals surface area contributed by atoms with Crippen molar-refractivity contribution < 1.29 is 18.7 Å². The normalized spacial score (nSPS) is 19.7. The van der Waals surface area contributed by atoms with E-state index in [2.05, 4.69) is 4.98 Å². The topological polar surface area (TPSA) is 50.2 Å². The Labute approximate surface area is 211 Å². The molecule has 3 nitrogen and oxygen atoms in total. The smallest absolute Gasteiger partial charge is 0.195 e. The zero-order valence-electron chi connectivity index (χ0n) is 20.6. The molecule has 2 aromatic carbocycles. The molecule has 1 heterocycles. The summed E-state index contributed by atoms with van der Waals surface area (Å²) in [6.07, 6.45) is 13.1. The highest BCUT2D eigenvalue weighted by molar-refractivity contribution is 6.13. The van der Waals surface area contributed by atoms with Crippen molar-refractivity contribution >= 4 is 5.78 Å². The Morgan fingerprint density at radius 2 is 1.58 bits per heavy atom. The van der Waals surface area contributed by atoms with E-state index < -0.39 is 12.8 Å². The van der Waals surface area contributed by atoms with Crippen molar-refractivity contribution in [2.75, 3.05) is 0 Å². The Bertz CT molecular complexity index is 1200. The highest BCUT2D eigenvalue weighted by Crippen LogP contribution is 2.54. The van der Waals surface area contributed by atoms with E-state index in [9.17, 15) is 18.7 Å². The molecule has 3 aromatic rings. The first-order valence-corrected chi connectivity index (χ1v) is 13.2. The number of carbonyl (C=O) groups excluding carboxylic acids is 1. The molecule has 0 bridgehead atoms. The van der Waals surface area contributed by atoms with Gasteiger partial charge < -0.3 is 5.11 Å². The number of halogens is 2. The van der Waals surface area contributed by atoms with Crippen LogP contribution < -0.4 is 0 Å². The van der Waals surface area contributed by atoms with E-state index in [-0.39, 0.29) is 17.0 Å². The van der Waals surface area contributed by atoms with E-state index in [1.54, 1.807) is 42.6 Å². The average molecular weight is 490 g/mol. The zero-order valence-corrected chi connectivity index (χ0v) is 20.6. The first kappa shape index (κ1) is 24.8. The Morgan fingerprint density at radius 3 is 2.14 bits per heavy atom. The van der Waals surface area contributed by atoms with Crippen molar-refractivity contribution in [2.24, 2.45) is 5.41 Å². The molecule has 0 aliphatic heterocycles. The summed E-state index contributed by atoms with van der Waals surface area (Å²) in [7, 11) is 0. The number of aliphatic hydroxyl groups is 1. The lowest BCUT2D eigenvalue weighted by Crippen LogP contribution is -2.38. The fourth-order valence-electron chi connectivity index (χ4n) is 5.95. The van der Waals surface area contributed by atoms with Gasteiger partial charge in [0.15, 0.2) is 5.78 Å². The maximum atomic E-state index is 13.6. The monoisotopic (exact) mass is 489 g/mol. The molecule has 1 atom stereocenters. The number of hydrogen-bond donors (Lipinski definition) is 1. The first-order chi connectivity index (χ1) is 17.5. The summed E-state index contributed by atoms with van der Waals surface area (Å²) in [5.74, 6) is -0.619. The molecule has 6 rings (SSSR count). The Morgan fingerprint density at radius 1 is 0.944 bits per heavy atom. The third-order valence-electron chi connectivity index (χ3n) is 8.11. The molecule has 1 aromatic heterocycles. The second kappa shape index (κ2) is 10.6. The van der Waals surface area contributed by atoms with Crippen LogP contribution in [0, 0.1) is 11.2 Å². The lowest BCUT2D eigenvalue weighted by atomic mass is 9.59. The number of alkyl halides is 1. The van der Waals surface area contributed by atoms with Gasteiger partial charge in [-0.15, -0.1) is 0 Å². The van der Waals surface area contributed by atoms with Gasteiger partial charge in [0.1, 0.15) is 12.5 Å². The highest BCUT2D eigenvalue weighted by Gasteiger charge is 2.44. The number of hydrogen-bond acceptors (Lipinski definition) is 3. The first-order valence-electron chi connectivity index (χ1n) is 13.2. The van der Waals surface area contributed by atoms with Crippen LogP contribution in [0.2, 0.25) is 0 Å². The van der Waals surface area contributed by atoms with Crippen molar-refractivity contribution in [2.45, 2.75) is 77.0 Å². The molecular weight excluding hydrogens is 456 g/mol. The summed E-state index contributed by atoms with van der Waals surface area (Å²) in [6.45, 7) is -0.594. The lowest BCUT2D eigenvalue weighted by molar-refractivity contribution is 0.0248. The quantitative estimate of drug-likeness (QED) is 0.382. The summed E-state index contributed by atoms with van der Waals surface area (Å²) in [5, 5.41) is 11.1. The molecule has 36 heavy (non-hydrogen) atoms. The Hall–Kier alpha value is -2.92. The van der Waals surface area contributed by atoms with Crippen LogP contribution in [-0.2, 0) is 13.1 Å². The van der Waals surface area contributed by atoms with Crippen LogP contribution in [0.1, 0.15) is 96.6 Å². The van der Waals surface area contributed by atoms with Gasteiger partial charge in [0.2, 0.25) is 0 Å². The minimum atomic E-state index is -0.724. The molecule has 0 amide bonds. The minimum Gasteiger partial charge on any atom is -0.388 e. The molecular formula is C31H33F2NO2. The maximum absolute atomic E-state index is 13.6. The van der Waals surface area contributed by atoms with Gasteiger partial charge >= 0.3 is 0 Å². The van der Waals surface area contributed by atoms with Gasteiger partial charge in [0.25, 0.3) is 0 Å². The van der Waals surface area contributed by atoms with Gasteiger partial charge in [-0.2, -0.15) is 0 Å². The van der Waals surface area contributed by atoms with E-state index in [0.29, 0.717) is 39.8 Å². The van der Waals surface area contributed by atoms with Crippen molar-refractivity contribution in [3.8, 4) is 11.1 Å². The molecule has 0 radical (unpaired) electrons. The maximum Gasteiger partial charge on any atom is 0.195 e. The highest BCUT2D eigenvalue weighted by atomic mass is 19.1. The minimum absolute atomic E-state index is 0.104. The van der Waals surface area contributed by atoms with Crippen LogP contribution in [-0.4, -0.2) is 15.9 Å². The van der Waals surface area contributed by atoms with Crippen molar-refractivity contribution in [1.82, 2.24) is 4.98 Å². The summed E-state index contributed by atoms with van der Waals surface area (Å²) in [5.41, 5.74) is 4.17. The Balaban J connectivity index is 0.000000477. The van der Waals surface area contributed by atoms with E-state index in [1.165, 1.54) is 44.2 Å². The van der Waals surface area contributed by atoms with Gasteiger partial charge in [-0.05, 0) is 54.4 Å². The predicted molar refractivity (Wildman–Crippen MR) is 137 cm³/mol. The third-order valence-corrected chi connectivity index (χ3v) is 8.11. The summed E-state index contributed by atoms with van der Waals surface area (Å²) in [4.78, 5) is 18.0. The van der Waals surface area contributed by atoms with Gasteiger partial charge in [0.05, 0.1) is 6.10 Å². The SMILES string of the molecule is C1CCCC1.O=C(c1ccc(CF)cc1)c1cnc2c(c1-c1ccc(F)cc1)C(O)CC1(CCC1)C2. The van der Waals surface area contributed by atoms with E-state index >= 15 is 0 Å². The number of aliphatic hydroxyl groups excluding tert-OH is 1. The molecule has 2 fully saturated rings. The molecule has 3 aliphatic carbocycles. The van der Waals surface area contributed by atoms with Crippen molar-refractivity contribution in [3.05, 3.63) is 88.5 Å². The summed E-state index contributed by atoms with van der Waals surface area (Å²) >= 11 is 0. The molecule has 2 saturated carbocycles. The summed E-state index contributed by atoms with van der Waals surface area (Å²) < 4.78 is 26.5. The number of rotatable bonds is 4. The standard InChI is InChI=1S/C26H23F2NO2.C5H10/c27-14-16-2-4-18(5-3-16)25(31)20-15-29-21-12-26(10-1-11-26)13-22(30)24(21)23(20)17-6-8-19(28)9-7-17;1-2-4-5-3-1/h2-9,15,22,30H,1,10-14H2;1-5H2. The number of pyridine rings is 1. The van der Waals surface area contributed by atoms with Crippen molar-refractivity contribution in [3.63, 3.8) is 0 Å². The van der Waals surface area contributed by atoms with Gasteiger partial charge in [-0.25, -0.2) is 8.78 Å². The lowest BCUT2D eigenvalue weighted by Gasteiger charge is -2.47. The fraction of sp³-hybridized carbons (Fsp3) is 0.419. The number of aromatic nitrogens is 1. The van der Waals surface area contributed by atoms with Crippen LogP contribution in [0.25, 0.3) is 11.1 Å². The van der Waals surface area contributed by atoms with Crippen LogP contribution >= 0.6 is 0 Å². The molecule has 1 unspecified atom stereocenters. The zero-order chi connectivity index (χ0) is 25.1.